The van der Waals surface area contributed by atoms with Gasteiger partial charge >= 0.3 is 5.97 Å². The zero-order valence-electron chi connectivity index (χ0n) is 23.7. The van der Waals surface area contributed by atoms with Crippen molar-refractivity contribution >= 4 is 29.2 Å². The lowest BCUT2D eigenvalue weighted by molar-refractivity contribution is -0.152. The van der Waals surface area contributed by atoms with Crippen molar-refractivity contribution in [3.05, 3.63) is 78.2 Å². The van der Waals surface area contributed by atoms with Gasteiger partial charge in [-0.15, -0.1) is 0 Å². The van der Waals surface area contributed by atoms with Crippen LogP contribution in [-0.2, 0) is 16.1 Å². The number of benzene rings is 1. The standard InChI is InChI=1S/C31H35N9O2/c1-21-4-2-6-26(35-21)29-33-13-11-27(38-29)37-28-12-14-34-31(39-28)36-25-9-7-22(8-10-25)18-40-15-3-5-24(19-40)30(41)42-20-23-16-32-17-23/h2,4,6-14,23-24,32H,3,5,15-20H2,1H3,(H2,33,34,36,37,38,39)/t24-/m1/s1. The maximum absolute atomic E-state index is 12.6. The number of anilines is 4. The first-order valence-corrected chi connectivity index (χ1v) is 14.4. The summed E-state index contributed by atoms with van der Waals surface area (Å²) in [7, 11) is 0. The Labute approximate surface area is 245 Å². The zero-order chi connectivity index (χ0) is 28.7. The normalized spacial score (nSPS) is 17.3. The first-order valence-electron chi connectivity index (χ1n) is 14.4. The predicted molar refractivity (Wildman–Crippen MR) is 160 cm³/mol. The van der Waals surface area contributed by atoms with Crippen LogP contribution in [0.25, 0.3) is 11.5 Å². The van der Waals surface area contributed by atoms with Crippen LogP contribution >= 0.6 is 0 Å². The fourth-order valence-corrected chi connectivity index (χ4v) is 5.10. The number of likely N-dealkylation sites (tertiary alicyclic amines) is 1. The number of ether oxygens (including phenoxy) is 1. The Bertz CT molecular complexity index is 1510. The number of nitrogens with zero attached hydrogens (tertiary/aromatic N) is 6. The number of rotatable bonds is 10. The van der Waals surface area contributed by atoms with E-state index in [-0.39, 0.29) is 11.9 Å². The Hall–Kier alpha value is -4.48. The number of aromatic nitrogens is 5. The smallest absolute Gasteiger partial charge is 0.310 e. The Balaban J connectivity index is 1.02. The predicted octanol–water partition coefficient (Wildman–Crippen LogP) is 4.10. The van der Waals surface area contributed by atoms with Gasteiger partial charge in [-0.3, -0.25) is 9.69 Å². The molecule has 11 nitrogen and oxygen atoms in total. The molecule has 2 aliphatic rings. The van der Waals surface area contributed by atoms with Gasteiger partial charge in [-0.25, -0.2) is 19.9 Å². The second kappa shape index (κ2) is 13.0. The molecule has 0 spiro atoms. The molecule has 4 aromatic rings. The van der Waals surface area contributed by atoms with Crippen molar-refractivity contribution in [2.45, 2.75) is 26.3 Å². The number of hydrogen-bond acceptors (Lipinski definition) is 11. The van der Waals surface area contributed by atoms with Crippen molar-refractivity contribution in [2.24, 2.45) is 11.8 Å². The van der Waals surface area contributed by atoms with E-state index in [1.54, 1.807) is 24.5 Å². The van der Waals surface area contributed by atoms with Crippen molar-refractivity contribution in [1.29, 1.82) is 0 Å². The summed E-state index contributed by atoms with van der Waals surface area (Å²) in [6.45, 7) is 6.89. The monoisotopic (exact) mass is 565 g/mol. The van der Waals surface area contributed by atoms with E-state index in [2.05, 4.69) is 57.9 Å². The van der Waals surface area contributed by atoms with Crippen LogP contribution in [0.5, 0.6) is 0 Å². The molecule has 11 heteroatoms. The quantitative estimate of drug-likeness (QED) is 0.240. The van der Waals surface area contributed by atoms with E-state index in [9.17, 15) is 4.79 Å². The van der Waals surface area contributed by atoms with E-state index in [1.165, 1.54) is 5.56 Å². The van der Waals surface area contributed by atoms with Crippen molar-refractivity contribution in [3.63, 3.8) is 0 Å². The molecule has 0 saturated carbocycles. The van der Waals surface area contributed by atoms with E-state index in [0.717, 1.165) is 56.9 Å². The molecule has 1 aromatic carbocycles. The third-order valence-electron chi connectivity index (χ3n) is 7.47. The molecule has 0 aliphatic carbocycles. The molecular weight excluding hydrogens is 530 g/mol. The molecule has 5 heterocycles. The van der Waals surface area contributed by atoms with Gasteiger partial charge in [0.1, 0.15) is 17.3 Å². The van der Waals surface area contributed by atoms with Gasteiger partial charge in [0.2, 0.25) is 5.95 Å². The fourth-order valence-electron chi connectivity index (χ4n) is 5.10. The lowest BCUT2D eigenvalue weighted by Crippen LogP contribution is -2.45. The van der Waals surface area contributed by atoms with Gasteiger partial charge in [0.05, 0.1) is 12.5 Å². The molecule has 1 atom stereocenters. The van der Waals surface area contributed by atoms with Crippen LogP contribution in [0.1, 0.15) is 24.1 Å². The number of carbonyl (C=O) groups is 1. The molecule has 216 valence electrons. The Morgan fingerprint density at radius 1 is 0.976 bits per heavy atom. The van der Waals surface area contributed by atoms with Crippen LogP contribution in [-0.4, -0.2) is 68.6 Å². The number of piperidine rings is 1. The van der Waals surface area contributed by atoms with Crippen molar-refractivity contribution in [2.75, 3.05) is 43.4 Å². The summed E-state index contributed by atoms with van der Waals surface area (Å²) in [4.78, 5) is 37.3. The van der Waals surface area contributed by atoms with Gasteiger partial charge in [0.25, 0.3) is 0 Å². The molecule has 0 bridgehead atoms. The number of pyridine rings is 1. The lowest BCUT2D eigenvalue weighted by Gasteiger charge is -2.32. The summed E-state index contributed by atoms with van der Waals surface area (Å²) in [6, 6.07) is 17.6. The van der Waals surface area contributed by atoms with Gasteiger partial charge in [-0.1, -0.05) is 18.2 Å². The highest BCUT2D eigenvalue weighted by molar-refractivity contribution is 5.72. The molecule has 2 saturated heterocycles. The van der Waals surface area contributed by atoms with E-state index in [1.807, 2.05) is 37.3 Å². The number of carbonyl (C=O) groups excluding carboxylic acids is 1. The highest BCUT2D eigenvalue weighted by Crippen LogP contribution is 2.23. The number of aryl methyl sites for hydroxylation is 1. The molecule has 0 amide bonds. The summed E-state index contributed by atoms with van der Waals surface area (Å²) in [6.07, 6.45) is 5.29. The summed E-state index contributed by atoms with van der Waals surface area (Å²) in [5.41, 5.74) is 3.70. The first-order chi connectivity index (χ1) is 20.6. The number of esters is 1. The molecule has 42 heavy (non-hydrogen) atoms. The van der Waals surface area contributed by atoms with Gasteiger partial charge in [-0.05, 0) is 68.3 Å². The molecular formula is C31H35N9O2. The van der Waals surface area contributed by atoms with Crippen LogP contribution in [0, 0.1) is 18.8 Å². The van der Waals surface area contributed by atoms with E-state index < -0.39 is 0 Å². The summed E-state index contributed by atoms with van der Waals surface area (Å²) < 4.78 is 5.59. The van der Waals surface area contributed by atoms with E-state index in [4.69, 9.17) is 4.74 Å². The average molecular weight is 566 g/mol. The molecule has 0 radical (unpaired) electrons. The van der Waals surface area contributed by atoms with Gasteiger partial charge in [-0.2, -0.15) is 4.98 Å². The minimum absolute atomic E-state index is 0.0427. The Kier molecular flexibility index (Phi) is 8.57. The van der Waals surface area contributed by atoms with Gasteiger partial charge in [0, 0.05) is 55.9 Å². The van der Waals surface area contributed by atoms with Crippen molar-refractivity contribution in [1.82, 2.24) is 35.1 Å². The number of hydrogen-bond donors (Lipinski definition) is 3. The molecule has 3 N–H and O–H groups in total. The molecule has 0 unspecified atom stereocenters. The average Bonchev–Trinajstić information content (AvgIpc) is 2.98. The highest BCUT2D eigenvalue weighted by atomic mass is 16.5. The van der Waals surface area contributed by atoms with Crippen LogP contribution in [0.4, 0.5) is 23.3 Å². The summed E-state index contributed by atoms with van der Waals surface area (Å²) >= 11 is 0. The van der Waals surface area contributed by atoms with E-state index in [0.29, 0.717) is 41.6 Å². The second-order valence-electron chi connectivity index (χ2n) is 10.9. The number of nitrogens with one attached hydrogen (secondary N) is 3. The van der Waals surface area contributed by atoms with Gasteiger partial charge in [0.15, 0.2) is 5.82 Å². The van der Waals surface area contributed by atoms with Crippen LogP contribution in [0.15, 0.2) is 67.0 Å². The molecule has 2 fully saturated rings. The zero-order valence-corrected chi connectivity index (χ0v) is 23.7. The topological polar surface area (TPSA) is 130 Å². The minimum Gasteiger partial charge on any atom is -0.465 e. The van der Waals surface area contributed by atoms with E-state index >= 15 is 0 Å². The van der Waals surface area contributed by atoms with Gasteiger partial charge < -0.3 is 20.7 Å². The summed E-state index contributed by atoms with van der Waals surface area (Å²) in [5, 5.41) is 9.72. The van der Waals surface area contributed by atoms with Crippen LogP contribution < -0.4 is 16.0 Å². The minimum atomic E-state index is -0.0497. The maximum Gasteiger partial charge on any atom is 0.310 e. The van der Waals surface area contributed by atoms with Crippen LogP contribution in [0.3, 0.4) is 0 Å². The lowest BCUT2D eigenvalue weighted by atomic mass is 9.97. The molecule has 3 aromatic heterocycles. The maximum atomic E-state index is 12.6. The third-order valence-corrected chi connectivity index (χ3v) is 7.47. The molecule has 6 rings (SSSR count). The first kappa shape index (κ1) is 27.7. The molecule has 2 aliphatic heterocycles. The van der Waals surface area contributed by atoms with Crippen molar-refractivity contribution in [3.8, 4) is 11.5 Å². The SMILES string of the molecule is Cc1cccc(-c2nccc(Nc3ccnc(Nc4ccc(CN5CCC[C@@H](C(=O)OCC6CNC6)C5)cc4)n3)n2)n1. The fraction of sp³-hybridized carbons (Fsp3) is 0.355. The Morgan fingerprint density at radius 3 is 2.57 bits per heavy atom. The highest BCUT2D eigenvalue weighted by Gasteiger charge is 2.28. The second-order valence-corrected chi connectivity index (χ2v) is 10.9. The Morgan fingerprint density at radius 2 is 1.79 bits per heavy atom. The third kappa shape index (κ3) is 7.23. The summed E-state index contributed by atoms with van der Waals surface area (Å²) in [5.74, 6) is 2.61. The van der Waals surface area contributed by atoms with Crippen molar-refractivity contribution < 1.29 is 9.53 Å². The van der Waals surface area contributed by atoms with Crippen LogP contribution in [0.2, 0.25) is 0 Å². The largest absolute Gasteiger partial charge is 0.465 e.